The van der Waals surface area contributed by atoms with E-state index < -0.39 is 6.03 Å². The normalized spacial score (nSPS) is 12.1. The Labute approximate surface area is 72.0 Å². The third-order valence-corrected chi connectivity index (χ3v) is 1.47. The number of carbonyl (C=O) groups is 1. The highest BCUT2D eigenvalue weighted by Gasteiger charge is 2.02. The Bertz CT molecular complexity index is 169. The van der Waals surface area contributed by atoms with Gasteiger partial charge in [-0.1, -0.05) is 6.58 Å². The summed E-state index contributed by atoms with van der Waals surface area (Å²) < 4.78 is 0. The Hall–Kier alpha value is -1.23. The molecule has 1 atom stereocenters. The first-order valence-corrected chi connectivity index (χ1v) is 3.77. The molecule has 5 heteroatoms. The lowest BCUT2D eigenvalue weighted by molar-refractivity contribution is 0.248. The van der Waals surface area contributed by atoms with E-state index in [0.29, 0.717) is 18.7 Å². The lowest BCUT2D eigenvalue weighted by Gasteiger charge is -2.10. The molecule has 0 aliphatic heterocycles. The van der Waals surface area contributed by atoms with Crippen molar-refractivity contribution < 1.29 is 4.79 Å². The van der Waals surface area contributed by atoms with Crippen LogP contribution in [0.3, 0.4) is 0 Å². The molecule has 2 amide bonds. The number of rotatable bonds is 5. The van der Waals surface area contributed by atoms with Crippen molar-refractivity contribution in [1.82, 2.24) is 5.32 Å². The van der Waals surface area contributed by atoms with Gasteiger partial charge in [0.2, 0.25) is 0 Å². The molecule has 70 valence electrons. The van der Waals surface area contributed by atoms with E-state index in [0.717, 1.165) is 6.42 Å². The Balaban J connectivity index is 3.31. The molecule has 0 radical (unpaired) electrons. The minimum atomic E-state index is -0.518. The highest BCUT2D eigenvalue weighted by Crippen LogP contribution is 1.97. The molecule has 0 aromatic carbocycles. The first-order chi connectivity index (χ1) is 5.54. The minimum absolute atomic E-state index is 0.195. The van der Waals surface area contributed by atoms with Gasteiger partial charge in [-0.15, -0.1) is 0 Å². The lowest BCUT2D eigenvalue weighted by atomic mass is 10.1. The van der Waals surface area contributed by atoms with Crippen molar-refractivity contribution in [2.45, 2.75) is 18.9 Å². The first kappa shape index (κ1) is 10.8. The van der Waals surface area contributed by atoms with Crippen LogP contribution in [0.25, 0.3) is 0 Å². The van der Waals surface area contributed by atoms with Crippen LogP contribution in [0.5, 0.6) is 0 Å². The largest absolute Gasteiger partial charge is 0.401 e. The lowest BCUT2D eigenvalue weighted by Crippen LogP contribution is -2.32. The summed E-state index contributed by atoms with van der Waals surface area (Å²) in [5, 5.41) is 2.45. The van der Waals surface area contributed by atoms with E-state index in [9.17, 15) is 4.79 Å². The van der Waals surface area contributed by atoms with Crippen LogP contribution < -0.4 is 22.5 Å². The van der Waals surface area contributed by atoms with Gasteiger partial charge in [0.25, 0.3) is 0 Å². The van der Waals surface area contributed by atoms with Crippen molar-refractivity contribution >= 4 is 6.03 Å². The highest BCUT2D eigenvalue weighted by molar-refractivity contribution is 5.71. The van der Waals surface area contributed by atoms with Gasteiger partial charge >= 0.3 is 6.03 Å². The van der Waals surface area contributed by atoms with E-state index in [1.807, 2.05) is 0 Å². The molecule has 5 nitrogen and oxygen atoms in total. The van der Waals surface area contributed by atoms with Gasteiger partial charge in [0.05, 0.1) is 0 Å². The SMILES string of the molecule is C=C(N)[C@@H](N)CCCNC(N)=O. The second kappa shape index (κ2) is 5.42. The van der Waals surface area contributed by atoms with Crippen LogP contribution in [0.4, 0.5) is 4.79 Å². The van der Waals surface area contributed by atoms with Crippen molar-refractivity contribution in [2.24, 2.45) is 17.2 Å². The number of hydrogen-bond donors (Lipinski definition) is 4. The van der Waals surface area contributed by atoms with Gasteiger partial charge in [0.15, 0.2) is 0 Å². The fourth-order valence-corrected chi connectivity index (χ4v) is 0.719. The zero-order valence-electron chi connectivity index (χ0n) is 7.05. The maximum atomic E-state index is 10.2. The molecule has 0 saturated heterocycles. The van der Waals surface area contributed by atoms with Gasteiger partial charge in [-0.2, -0.15) is 0 Å². The van der Waals surface area contributed by atoms with Crippen molar-refractivity contribution in [1.29, 1.82) is 0 Å². The maximum Gasteiger partial charge on any atom is 0.312 e. The number of amides is 2. The number of primary amides is 1. The van der Waals surface area contributed by atoms with E-state index in [4.69, 9.17) is 17.2 Å². The molecule has 12 heavy (non-hydrogen) atoms. The molecule has 0 aromatic heterocycles. The molecule has 7 N–H and O–H groups in total. The van der Waals surface area contributed by atoms with Crippen LogP contribution >= 0.6 is 0 Å². The molecule has 0 heterocycles. The predicted molar refractivity (Wildman–Crippen MR) is 48.1 cm³/mol. The predicted octanol–water partition coefficient (Wildman–Crippen LogP) is -0.765. The van der Waals surface area contributed by atoms with E-state index in [2.05, 4.69) is 11.9 Å². The number of urea groups is 1. The Morgan fingerprint density at radius 2 is 2.08 bits per heavy atom. The summed E-state index contributed by atoms with van der Waals surface area (Å²) >= 11 is 0. The number of nitrogens with one attached hydrogen (secondary N) is 1. The zero-order valence-corrected chi connectivity index (χ0v) is 7.05. The number of nitrogens with two attached hydrogens (primary N) is 3. The Kier molecular flexibility index (Phi) is 4.87. The molecular formula is C7H16N4O. The van der Waals surface area contributed by atoms with Crippen LogP contribution in [-0.4, -0.2) is 18.6 Å². The fraction of sp³-hybridized carbons (Fsp3) is 0.571. The van der Waals surface area contributed by atoms with Crippen LogP contribution in [-0.2, 0) is 0 Å². The average Bonchev–Trinajstić information content (AvgIpc) is 1.97. The second-order valence-corrected chi connectivity index (χ2v) is 2.61. The smallest absolute Gasteiger partial charge is 0.312 e. The van der Waals surface area contributed by atoms with Crippen molar-refractivity contribution in [3.05, 3.63) is 12.3 Å². The van der Waals surface area contributed by atoms with Crippen molar-refractivity contribution in [3.63, 3.8) is 0 Å². The summed E-state index contributed by atoms with van der Waals surface area (Å²) in [5.41, 5.74) is 16.2. The summed E-state index contributed by atoms with van der Waals surface area (Å²) in [5.74, 6) is 0. The van der Waals surface area contributed by atoms with Gasteiger partial charge in [-0.05, 0) is 12.8 Å². The van der Waals surface area contributed by atoms with Gasteiger partial charge < -0.3 is 22.5 Å². The highest BCUT2D eigenvalue weighted by atomic mass is 16.2. The van der Waals surface area contributed by atoms with Gasteiger partial charge in [-0.3, -0.25) is 0 Å². The van der Waals surface area contributed by atoms with E-state index >= 15 is 0 Å². The van der Waals surface area contributed by atoms with E-state index in [-0.39, 0.29) is 6.04 Å². The van der Waals surface area contributed by atoms with Crippen LogP contribution in [0.2, 0.25) is 0 Å². The molecule has 0 saturated carbocycles. The average molecular weight is 172 g/mol. The van der Waals surface area contributed by atoms with Crippen molar-refractivity contribution in [3.8, 4) is 0 Å². The molecule has 0 bridgehead atoms. The van der Waals surface area contributed by atoms with Gasteiger partial charge in [0.1, 0.15) is 0 Å². The standard InChI is InChI=1S/C7H16N4O/c1-5(8)6(9)3-2-4-11-7(10)12/h6H,1-4,8-9H2,(H3,10,11,12)/t6-/m0/s1. The first-order valence-electron chi connectivity index (χ1n) is 3.77. The zero-order chi connectivity index (χ0) is 9.56. The Morgan fingerprint density at radius 1 is 1.50 bits per heavy atom. The monoisotopic (exact) mass is 172 g/mol. The van der Waals surface area contributed by atoms with Gasteiger partial charge in [-0.25, -0.2) is 4.79 Å². The fourth-order valence-electron chi connectivity index (χ4n) is 0.719. The quantitative estimate of drug-likeness (QED) is 0.409. The van der Waals surface area contributed by atoms with Gasteiger partial charge in [0, 0.05) is 18.3 Å². The minimum Gasteiger partial charge on any atom is -0.401 e. The van der Waals surface area contributed by atoms with E-state index in [1.54, 1.807) is 0 Å². The second-order valence-electron chi connectivity index (χ2n) is 2.61. The molecule has 0 aromatic rings. The number of hydrogen-bond acceptors (Lipinski definition) is 3. The van der Waals surface area contributed by atoms with Crippen LogP contribution in [0.1, 0.15) is 12.8 Å². The molecule has 0 unspecified atom stereocenters. The summed E-state index contributed by atoms with van der Waals surface area (Å²) in [6.45, 7) is 4.03. The Morgan fingerprint density at radius 3 is 2.50 bits per heavy atom. The third kappa shape index (κ3) is 5.55. The van der Waals surface area contributed by atoms with E-state index in [1.165, 1.54) is 0 Å². The summed E-state index contributed by atoms with van der Waals surface area (Å²) in [7, 11) is 0. The summed E-state index contributed by atoms with van der Waals surface area (Å²) in [4.78, 5) is 10.2. The molecular weight excluding hydrogens is 156 g/mol. The topological polar surface area (TPSA) is 107 Å². The number of carbonyl (C=O) groups excluding carboxylic acids is 1. The molecule has 0 rings (SSSR count). The molecule has 0 aliphatic rings. The molecule has 0 spiro atoms. The van der Waals surface area contributed by atoms with Crippen LogP contribution in [0.15, 0.2) is 12.3 Å². The maximum absolute atomic E-state index is 10.2. The summed E-state index contributed by atoms with van der Waals surface area (Å²) in [6, 6.07) is -0.713. The van der Waals surface area contributed by atoms with Crippen LogP contribution in [0, 0.1) is 0 Å². The molecule has 0 fully saturated rings. The molecule has 0 aliphatic carbocycles. The third-order valence-electron chi connectivity index (χ3n) is 1.47. The summed E-state index contributed by atoms with van der Waals surface area (Å²) in [6.07, 6.45) is 1.45. The van der Waals surface area contributed by atoms with Crippen molar-refractivity contribution in [2.75, 3.05) is 6.54 Å².